The molecule has 0 aliphatic carbocycles. The van der Waals surface area contributed by atoms with Gasteiger partial charge in [0.05, 0.1) is 6.61 Å². The lowest BCUT2D eigenvalue weighted by molar-refractivity contribution is -0.126. The third kappa shape index (κ3) is 3.70. The second kappa shape index (κ2) is 5.14. The van der Waals surface area contributed by atoms with Crippen molar-refractivity contribution >= 4 is 17.1 Å². The van der Waals surface area contributed by atoms with Crippen molar-refractivity contribution in [1.82, 2.24) is 0 Å². The second-order valence-electron chi connectivity index (χ2n) is 3.19. The zero-order valence-corrected chi connectivity index (χ0v) is 8.76. The summed E-state index contributed by atoms with van der Waals surface area (Å²) in [5.41, 5.74) is 0. The van der Waals surface area contributed by atoms with Gasteiger partial charge in [0.25, 0.3) is 0 Å². The van der Waals surface area contributed by atoms with Gasteiger partial charge in [-0.15, -0.1) is 11.3 Å². The summed E-state index contributed by atoms with van der Waals surface area (Å²) in [6, 6.07) is 3.98. The molecule has 1 aromatic heterocycles. The smallest absolute Gasteiger partial charge is 0.160 e. The number of carbonyl (C=O) groups is 1. The van der Waals surface area contributed by atoms with Crippen LogP contribution in [0.15, 0.2) is 17.5 Å². The number of thiophene rings is 1. The fraction of sp³-hybridized carbons (Fsp3) is 0.500. The average Bonchev–Trinajstić information content (AvgIpc) is 2.56. The number of hydrogen-bond donors (Lipinski definition) is 0. The van der Waals surface area contributed by atoms with E-state index in [2.05, 4.69) is 0 Å². The highest BCUT2D eigenvalue weighted by Crippen LogP contribution is 2.09. The van der Waals surface area contributed by atoms with Crippen molar-refractivity contribution in [2.45, 2.75) is 20.5 Å². The molecule has 72 valence electrons. The van der Waals surface area contributed by atoms with Crippen LogP contribution in [0.1, 0.15) is 18.7 Å². The van der Waals surface area contributed by atoms with Crippen LogP contribution >= 0.6 is 11.3 Å². The third-order valence-electron chi connectivity index (χ3n) is 1.71. The summed E-state index contributed by atoms with van der Waals surface area (Å²) >= 11 is 1.65. The molecule has 0 bridgehead atoms. The molecule has 0 spiro atoms. The molecule has 3 heteroatoms. The van der Waals surface area contributed by atoms with Crippen molar-refractivity contribution in [2.75, 3.05) is 6.61 Å². The first-order valence-corrected chi connectivity index (χ1v) is 5.21. The van der Waals surface area contributed by atoms with Crippen molar-refractivity contribution in [3.8, 4) is 0 Å². The van der Waals surface area contributed by atoms with Crippen LogP contribution in [-0.2, 0) is 16.1 Å². The molecule has 13 heavy (non-hydrogen) atoms. The molecular formula is C10H14O2S. The highest BCUT2D eigenvalue weighted by Gasteiger charge is 2.06. The van der Waals surface area contributed by atoms with E-state index in [0.29, 0.717) is 6.61 Å². The predicted octanol–water partition coefficient (Wildman–Crippen LogP) is 2.49. The van der Waals surface area contributed by atoms with Crippen LogP contribution in [-0.4, -0.2) is 12.4 Å². The summed E-state index contributed by atoms with van der Waals surface area (Å²) in [6.07, 6.45) is 0. The Bertz CT molecular complexity index is 252. The molecule has 1 heterocycles. The number of ether oxygens (including phenoxy) is 1. The van der Waals surface area contributed by atoms with E-state index in [1.165, 1.54) is 0 Å². The lowest BCUT2D eigenvalue weighted by Crippen LogP contribution is -2.14. The number of ketones is 1. The van der Waals surface area contributed by atoms with E-state index in [4.69, 9.17) is 4.74 Å². The van der Waals surface area contributed by atoms with Crippen LogP contribution in [0.4, 0.5) is 0 Å². The fourth-order valence-electron chi connectivity index (χ4n) is 0.814. The second-order valence-corrected chi connectivity index (χ2v) is 4.23. The van der Waals surface area contributed by atoms with Gasteiger partial charge >= 0.3 is 0 Å². The standard InChI is InChI=1S/C10H14O2S/c1-8(2)10(11)7-12-6-9-4-3-5-13-9/h3-5,8H,6-7H2,1-2H3. The minimum atomic E-state index is 0.0725. The van der Waals surface area contributed by atoms with E-state index >= 15 is 0 Å². The zero-order valence-electron chi connectivity index (χ0n) is 7.95. The van der Waals surface area contributed by atoms with Crippen LogP contribution in [0.25, 0.3) is 0 Å². The molecule has 1 aromatic rings. The molecule has 0 saturated carbocycles. The molecule has 0 aliphatic rings. The molecule has 0 unspecified atom stereocenters. The van der Waals surface area contributed by atoms with Gasteiger partial charge in [-0.2, -0.15) is 0 Å². The number of rotatable bonds is 5. The van der Waals surface area contributed by atoms with Crippen LogP contribution in [0.3, 0.4) is 0 Å². The molecule has 1 rings (SSSR count). The Labute approximate surface area is 82.5 Å². The largest absolute Gasteiger partial charge is 0.368 e. The Morgan fingerprint density at radius 1 is 1.62 bits per heavy atom. The minimum Gasteiger partial charge on any atom is -0.368 e. The molecule has 0 aromatic carbocycles. The highest BCUT2D eigenvalue weighted by molar-refractivity contribution is 7.09. The third-order valence-corrected chi connectivity index (χ3v) is 2.56. The van der Waals surface area contributed by atoms with E-state index in [-0.39, 0.29) is 18.3 Å². The highest BCUT2D eigenvalue weighted by atomic mass is 32.1. The van der Waals surface area contributed by atoms with Gasteiger partial charge in [0.1, 0.15) is 6.61 Å². The van der Waals surface area contributed by atoms with E-state index in [1.54, 1.807) is 11.3 Å². The van der Waals surface area contributed by atoms with E-state index < -0.39 is 0 Å². The Morgan fingerprint density at radius 3 is 2.92 bits per heavy atom. The molecule has 0 amide bonds. The van der Waals surface area contributed by atoms with Gasteiger partial charge in [-0.1, -0.05) is 19.9 Å². The fourth-order valence-corrected chi connectivity index (χ4v) is 1.45. The summed E-state index contributed by atoms with van der Waals surface area (Å²) in [5, 5.41) is 2.00. The van der Waals surface area contributed by atoms with Crippen LogP contribution in [0, 0.1) is 5.92 Å². The summed E-state index contributed by atoms with van der Waals surface area (Å²) in [4.78, 5) is 12.3. The molecule has 0 radical (unpaired) electrons. The van der Waals surface area contributed by atoms with Crippen molar-refractivity contribution in [3.05, 3.63) is 22.4 Å². The Morgan fingerprint density at radius 2 is 2.38 bits per heavy atom. The van der Waals surface area contributed by atoms with Gasteiger partial charge in [-0.25, -0.2) is 0 Å². The Kier molecular flexibility index (Phi) is 4.12. The van der Waals surface area contributed by atoms with Crippen molar-refractivity contribution in [1.29, 1.82) is 0 Å². The van der Waals surface area contributed by atoms with E-state index in [0.717, 1.165) is 4.88 Å². The molecule has 0 N–H and O–H groups in total. The van der Waals surface area contributed by atoms with Crippen LogP contribution < -0.4 is 0 Å². The maximum absolute atomic E-state index is 11.1. The molecule has 0 atom stereocenters. The molecule has 0 saturated heterocycles. The number of hydrogen-bond acceptors (Lipinski definition) is 3. The summed E-state index contributed by atoms with van der Waals surface area (Å²) in [5.74, 6) is 0.236. The van der Waals surface area contributed by atoms with E-state index in [9.17, 15) is 4.79 Å². The number of Topliss-reactive ketones (excluding diaryl/α,β-unsaturated/α-hetero) is 1. The average molecular weight is 198 g/mol. The zero-order chi connectivity index (χ0) is 9.68. The Balaban J connectivity index is 2.18. The summed E-state index contributed by atoms with van der Waals surface area (Å²) in [6.45, 7) is 4.55. The first-order chi connectivity index (χ1) is 6.20. The van der Waals surface area contributed by atoms with Gasteiger partial charge in [0.2, 0.25) is 0 Å². The van der Waals surface area contributed by atoms with Crippen LogP contribution in [0.2, 0.25) is 0 Å². The summed E-state index contributed by atoms with van der Waals surface area (Å²) in [7, 11) is 0. The quantitative estimate of drug-likeness (QED) is 0.726. The van der Waals surface area contributed by atoms with Gasteiger partial charge in [0.15, 0.2) is 5.78 Å². The lowest BCUT2D eigenvalue weighted by Gasteiger charge is -2.03. The maximum atomic E-state index is 11.1. The van der Waals surface area contributed by atoms with Crippen molar-refractivity contribution < 1.29 is 9.53 Å². The monoisotopic (exact) mass is 198 g/mol. The SMILES string of the molecule is CC(C)C(=O)COCc1cccs1. The lowest BCUT2D eigenvalue weighted by atomic mass is 10.1. The molecule has 2 nitrogen and oxygen atoms in total. The topological polar surface area (TPSA) is 26.3 Å². The van der Waals surface area contributed by atoms with Crippen molar-refractivity contribution in [2.24, 2.45) is 5.92 Å². The minimum absolute atomic E-state index is 0.0725. The molecule has 0 aliphatic heterocycles. The normalized spacial score (nSPS) is 10.7. The van der Waals surface area contributed by atoms with Crippen molar-refractivity contribution in [3.63, 3.8) is 0 Å². The van der Waals surface area contributed by atoms with E-state index in [1.807, 2.05) is 31.4 Å². The van der Waals surface area contributed by atoms with Gasteiger partial charge < -0.3 is 4.74 Å². The summed E-state index contributed by atoms with van der Waals surface area (Å²) < 4.78 is 5.26. The molecular weight excluding hydrogens is 184 g/mol. The predicted molar refractivity (Wildman–Crippen MR) is 53.8 cm³/mol. The molecule has 0 fully saturated rings. The van der Waals surface area contributed by atoms with Gasteiger partial charge in [0, 0.05) is 10.8 Å². The van der Waals surface area contributed by atoms with Crippen LogP contribution in [0.5, 0.6) is 0 Å². The number of carbonyl (C=O) groups excluding carboxylic acids is 1. The first-order valence-electron chi connectivity index (χ1n) is 4.33. The Hall–Kier alpha value is -0.670. The van der Waals surface area contributed by atoms with Gasteiger partial charge in [-0.05, 0) is 11.4 Å². The first kappa shape index (κ1) is 10.4. The van der Waals surface area contributed by atoms with Gasteiger partial charge in [-0.3, -0.25) is 4.79 Å². The maximum Gasteiger partial charge on any atom is 0.160 e.